The van der Waals surface area contributed by atoms with Crippen LogP contribution in [0.25, 0.3) is 22.5 Å². The second-order valence-electron chi connectivity index (χ2n) is 8.68. The maximum Gasteiger partial charge on any atom is 0.330 e. The first-order chi connectivity index (χ1) is 16.0. The van der Waals surface area contributed by atoms with Gasteiger partial charge in [-0.25, -0.2) is 9.89 Å². The molecule has 0 saturated carbocycles. The maximum absolute atomic E-state index is 15.1. The monoisotopic (exact) mass is 448 g/mol. The molecule has 1 N–H and O–H groups in total. The standard InChI is InChI=1S/C25H29FN6O/c1-4-7-22-23(26)31(15-14-17(2)3)25(33)32(22)16-18-10-12-19(13-11-18)20-8-5-6-9-21(20)24-27-29-30-28-24/h5-6,8-13,17H,4,7,14-16H2,1-3H3,(H,27,28,29,30). The van der Waals surface area contributed by atoms with E-state index >= 15 is 4.39 Å². The van der Waals surface area contributed by atoms with E-state index in [4.69, 9.17) is 0 Å². The van der Waals surface area contributed by atoms with Gasteiger partial charge in [0, 0.05) is 12.1 Å². The Hall–Kier alpha value is -3.55. The number of imidazole rings is 1. The summed E-state index contributed by atoms with van der Waals surface area (Å²) in [7, 11) is 0. The van der Waals surface area contributed by atoms with Crippen LogP contribution in [0.15, 0.2) is 53.3 Å². The van der Waals surface area contributed by atoms with E-state index in [2.05, 4.69) is 34.5 Å². The normalized spacial score (nSPS) is 11.4. The minimum absolute atomic E-state index is 0.274. The van der Waals surface area contributed by atoms with Crippen LogP contribution in [0.3, 0.4) is 0 Å². The Balaban J connectivity index is 1.63. The van der Waals surface area contributed by atoms with Gasteiger partial charge in [0.05, 0.1) is 12.2 Å². The molecule has 172 valence electrons. The molecule has 0 fully saturated rings. The minimum atomic E-state index is -0.395. The molecule has 0 amide bonds. The summed E-state index contributed by atoms with van der Waals surface area (Å²) in [6.07, 6.45) is 2.07. The first kappa shape index (κ1) is 22.6. The molecule has 0 aliphatic carbocycles. The molecule has 0 aliphatic heterocycles. The van der Waals surface area contributed by atoms with Gasteiger partial charge in [0.15, 0.2) is 5.82 Å². The van der Waals surface area contributed by atoms with Crippen LogP contribution >= 0.6 is 0 Å². The van der Waals surface area contributed by atoms with Crippen LogP contribution in [0.1, 0.15) is 44.9 Å². The lowest BCUT2D eigenvalue weighted by molar-refractivity contribution is 0.434. The lowest BCUT2D eigenvalue weighted by atomic mass is 9.98. The fourth-order valence-corrected chi connectivity index (χ4v) is 4.02. The number of H-pyrrole nitrogens is 1. The SMILES string of the molecule is CCCc1c(F)n(CCC(C)C)c(=O)n1Cc1ccc(-c2ccccc2-c2nnn[nH]2)cc1. The number of hydrogen-bond acceptors (Lipinski definition) is 4. The molecule has 8 heteroatoms. The van der Waals surface area contributed by atoms with Crippen molar-refractivity contribution in [3.63, 3.8) is 0 Å². The van der Waals surface area contributed by atoms with Crippen LogP contribution in [0.5, 0.6) is 0 Å². The molecule has 0 unspecified atom stereocenters. The van der Waals surface area contributed by atoms with Gasteiger partial charge in [0.2, 0.25) is 5.95 Å². The molecule has 4 aromatic rings. The van der Waals surface area contributed by atoms with Crippen LogP contribution in [0.4, 0.5) is 4.39 Å². The molecule has 7 nitrogen and oxygen atoms in total. The summed E-state index contributed by atoms with van der Waals surface area (Å²) in [5, 5.41) is 14.2. The van der Waals surface area contributed by atoms with Gasteiger partial charge in [0.1, 0.15) is 0 Å². The Morgan fingerprint density at radius 1 is 1.03 bits per heavy atom. The zero-order valence-corrected chi connectivity index (χ0v) is 19.3. The van der Waals surface area contributed by atoms with Crippen LogP contribution < -0.4 is 5.69 Å². The van der Waals surface area contributed by atoms with Crippen molar-refractivity contribution in [1.29, 1.82) is 0 Å². The minimum Gasteiger partial charge on any atom is -0.289 e. The number of aromatic amines is 1. The summed E-state index contributed by atoms with van der Waals surface area (Å²) in [4.78, 5) is 13.0. The Morgan fingerprint density at radius 2 is 1.76 bits per heavy atom. The third kappa shape index (κ3) is 4.79. The van der Waals surface area contributed by atoms with Gasteiger partial charge >= 0.3 is 5.69 Å². The van der Waals surface area contributed by atoms with Gasteiger partial charge < -0.3 is 0 Å². The highest BCUT2D eigenvalue weighted by Crippen LogP contribution is 2.29. The predicted molar refractivity (Wildman–Crippen MR) is 126 cm³/mol. The number of rotatable bonds is 9. The molecule has 0 radical (unpaired) electrons. The number of halogens is 1. The van der Waals surface area contributed by atoms with Crippen molar-refractivity contribution in [2.75, 3.05) is 0 Å². The number of nitrogens with zero attached hydrogens (tertiary/aromatic N) is 5. The van der Waals surface area contributed by atoms with Crippen LogP contribution in [-0.2, 0) is 19.5 Å². The van der Waals surface area contributed by atoms with Gasteiger partial charge in [-0.2, -0.15) is 4.39 Å². The molecule has 2 heterocycles. The number of nitrogens with one attached hydrogen (secondary N) is 1. The van der Waals surface area contributed by atoms with Crippen molar-refractivity contribution in [3.05, 3.63) is 76.2 Å². The fraction of sp³-hybridized carbons (Fsp3) is 0.360. The molecule has 0 aliphatic rings. The molecule has 2 aromatic heterocycles. The third-order valence-electron chi connectivity index (χ3n) is 5.81. The lowest BCUT2D eigenvalue weighted by Crippen LogP contribution is -2.26. The summed E-state index contributed by atoms with van der Waals surface area (Å²) >= 11 is 0. The number of aromatic nitrogens is 6. The smallest absolute Gasteiger partial charge is 0.289 e. The summed E-state index contributed by atoms with van der Waals surface area (Å²) < 4.78 is 18.0. The van der Waals surface area contributed by atoms with E-state index in [-0.39, 0.29) is 5.69 Å². The Bertz CT molecular complexity index is 1260. The van der Waals surface area contributed by atoms with E-state index in [1.807, 2.05) is 55.5 Å². The molecular formula is C25H29FN6O. The third-order valence-corrected chi connectivity index (χ3v) is 5.81. The molecule has 2 aromatic carbocycles. The quantitative estimate of drug-likeness (QED) is 0.403. The summed E-state index contributed by atoms with van der Waals surface area (Å²) in [6, 6.07) is 15.9. The second-order valence-corrected chi connectivity index (χ2v) is 8.68. The van der Waals surface area contributed by atoms with Crippen molar-refractivity contribution < 1.29 is 4.39 Å². The van der Waals surface area contributed by atoms with E-state index in [0.717, 1.165) is 35.1 Å². The van der Waals surface area contributed by atoms with Gasteiger partial charge in [-0.3, -0.25) is 9.13 Å². The second kappa shape index (κ2) is 9.94. The van der Waals surface area contributed by atoms with Crippen LogP contribution in [0.2, 0.25) is 0 Å². The van der Waals surface area contributed by atoms with Crippen LogP contribution in [-0.4, -0.2) is 29.8 Å². The van der Waals surface area contributed by atoms with Crippen molar-refractivity contribution in [1.82, 2.24) is 29.8 Å². The topological polar surface area (TPSA) is 81.4 Å². The highest BCUT2D eigenvalue weighted by molar-refractivity contribution is 5.80. The average Bonchev–Trinajstić information content (AvgIpc) is 3.42. The summed E-state index contributed by atoms with van der Waals surface area (Å²) in [5.41, 5.74) is 4.06. The molecule has 0 spiro atoms. The fourth-order valence-electron chi connectivity index (χ4n) is 4.02. The summed E-state index contributed by atoms with van der Waals surface area (Å²) in [5.74, 6) is 0.606. The highest BCUT2D eigenvalue weighted by atomic mass is 19.1. The van der Waals surface area contributed by atoms with Crippen LogP contribution in [0, 0.1) is 11.9 Å². The van der Waals surface area contributed by atoms with E-state index in [1.165, 1.54) is 4.57 Å². The van der Waals surface area contributed by atoms with E-state index < -0.39 is 5.95 Å². The lowest BCUT2D eigenvalue weighted by Gasteiger charge is -2.10. The number of tetrazole rings is 1. The number of hydrogen-bond donors (Lipinski definition) is 1. The Kier molecular flexibility index (Phi) is 6.82. The molecular weight excluding hydrogens is 419 g/mol. The van der Waals surface area contributed by atoms with Gasteiger partial charge in [-0.05, 0) is 45.9 Å². The van der Waals surface area contributed by atoms with Gasteiger partial charge in [-0.15, -0.1) is 5.10 Å². The van der Waals surface area contributed by atoms with E-state index in [1.54, 1.807) is 4.57 Å². The molecule has 33 heavy (non-hydrogen) atoms. The van der Waals surface area contributed by atoms with Crippen molar-refractivity contribution in [2.45, 2.75) is 53.1 Å². The zero-order chi connectivity index (χ0) is 23.4. The van der Waals surface area contributed by atoms with Crippen molar-refractivity contribution >= 4 is 0 Å². The van der Waals surface area contributed by atoms with Crippen molar-refractivity contribution in [3.8, 4) is 22.5 Å². The zero-order valence-electron chi connectivity index (χ0n) is 19.3. The average molecular weight is 449 g/mol. The predicted octanol–water partition coefficient (Wildman–Crippen LogP) is 4.68. The highest BCUT2D eigenvalue weighted by Gasteiger charge is 2.20. The van der Waals surface area contributed by atoms with Crippen molar-refractivity contribution in [2.24, 2.45) is 5.92 Å². The molecule has 0 bridgehead atoms. The van der Waals surface area contributed by atoms with Gasteiger partial charge in [-0.1, -0.05) is 75.7 Å². The molecule has 0 saturated heterocycles. The summed E-state index contributed by atoms with van der Waals surface area (Å²) in [6.45, 7) is 6.89. The van der Waals surface area contributed by atoms with E-state index in [9.17, 15) is 4.79 Å². The number of benzene rings is 2. The Labute approximate surface area is 192 Å². The first-order valence-corrected chi connectivity index (χ1v) is 11.4. The largest absolute Gasteiger partial charge is 0.330 e. The Morgan fingerprint density at radius 3 is 2.39 bits per heavy atom. The molecule has 4 rings (SSSR count). The van der Waals surface area contributed by atoms with Gasteiger partial charge in [0.25, 0.3) is 0 Å². The van der Waals surface area contributed by atoms with E-state index in [0.29, 0.717) is 36.9 Å². The first-order valence-electron chi connectivity index (χ1n) is 11.4. The molecule has 0 atom stereocenters. The maximum atomic E-state index is 15.1.